The number of ether oxygens (including phenoxy) is 1. The van der Waals surface area contributed by atoms with Crippen LogP contribution < -0.4 is 10.2 Å². The van der Waals surface area contributed by atoms with Gasteiger partial charge in [0.15, 0.2) is 17.5 Å². The highest BCUT2D eigenvalue weighted by molar-refractivity contribution is 6.51. The van der Waals surface area contributed by atoms with Crippen molar-refractivity contribution in [2.24, 2.45) is 9.98 Å². The van der Waals surface area contributed by atoms with Gasteiger partial charge in [-0.05, 0) is 67.1 Å². The van der Waals surface area contributed by atoms with E-state index in [1.165, 1.54) is 19.2 Å². The number of nitrogens with one attached hydrogen (secondary N) is 1. The van der Waals surface area contributed by atoms with Gasteiger partial charge in [0, 0.05) is 11.3 Å². The van der Waals surface area contributed by atoms with E-state index >= 15 is 0 Å². The first-order valence-corrected chi connectivity index (χ1v) is 13.4. The summed E-state index contributed by atoms with van der Waals surface area (Å²) in [5.41, 5.74) is 6.14. The van der Waals surface area contributed by atoms with E-state index in [0.29, 0.717) is 28.7 Å². The number of halogens is 1. The van der Waals surface area contributed by atoms with Crippen molar-refractivity contribution in [3.05, 3.63) is 131 Å². The molecular weight excluding hydrogens is 531 g/mol. The molecule has 0 unspecified atom stereocenters. The molecule has 0 amide bonds. The van der Waals surface area contributed by atoms with Crippen molar-refractivity contribution in [2.75, 3.05) is 17.3 Å². The van der Waals surface area contributed by atoms with E-state index in [0.717, 1.165) is 33.9 Å². The number of carbonyl (C=O) groups is 1. The van der Waals surface area contributed by atoms with Gasteiger partial charge in [-0.3, -0.25) is 0 Å². The van der Waals surface area contributed by atoms with Crippen molar-refractivity contribution in [1.82, 2.24) is 9.78 Å². The van der Waals surface area contributed by atoms with Crippen LogP contribution in [0.15, 0.2) is 113 Å². The molecule has 5 aromatic rings. The maximum atomic E-state index is 14.2. The highest BCUT2D eigenvalue weighted by Crippen LogP contribution is 2.48. The maximum Gasteiger partial charge on any atom is 0.337 e. The summed E-state index contributed by atoms with van der Waals surface area (Å²) >= 11 is 0. The summed E-state index contributed by atoms with van der Waals surface area (Å²) in [7, 11) is 1.37. The Morgan fingerprint density at radius 2 is 1.67 bits per heavy atom. The molecule has 2 aliphatic heterocycles. The Hall–Kier alpha value is -5.57. The van der Waals surface area contributed by atoms with Crippen molar-refractivity contribution in [2.45, 2.75) is 13.0 Å². The van der Waals surface area contributed by atoms with Crippen LogP contribution in [0, 0.1) is 12.7 Å². The van der Waals surface area contributed by atoms with Crippen molar-refractivity contribution in [1.29, 1.82) is 0 Å². The molecule has 7 rings (SSSR count). The molecule has 0 saturated carbocycles. The molecule has 4 aromatic carbocycles. The highest BCUT2D eigenvalue weighted by Gasteiger charge is 2.41. The number of amidine groups is 2. The van der Waals surface area contributed by atoms with Crippen LogP contribution in [0.5, 0.6) is 0 Å². The lowest BCUT2D eigenvalue weighted by Gasteiger charge is -2.40. The van der Waals surface area contributed by atoms with Crippen LogP contribution in [0.4, 0.5) is 27.3 Å². The zero-order chi connectivity index (χ0) is 28.8. The third kappa shape index (κ3) is 4.23. The number of aliphatic imine (C=N–C) groups is 2. The Balaban J connectivity index is 1.47. The molecule has 0 radical (unpaired) electrons. The molecule has 8 nitrogen and oxygen atoms in total. The number of hydrogen-bond acceptors (Lipinski definition) is 7. The molecule has 0 saturated heterocycles. The van der Waals surface area contributed by atoms with Gasteiger partial charge in [0.25, 0.3) is 0 Å². The second-order valence-electron chi connectivity index (χ2n) is 9.98. The summed E-state index contributed by atoms with van der Waals surface area (Å²) in [5.74, 6) is 0.936. The average Bonchev–Trinajstić information content (AvgIpc) is 3.36. The first-order valence-electron chi connectivity index (χ1n) is 13.4. The molecule has 0 spiro atoms. The fourth-order valence-electron chi connectivity index (χ4n) is 5.48. The summed E-state index contributed by atoms with van der Waals surface area (Å²) in [6, 6.07) is 30.9. The van der Waals surface area contributed by atoms with Crippen LogP contribution in [-0.4, -0.2) is 34.5 Å². The minimum Gasteiger partial charge on any atom is -0.465 e. The molecule has 9 heteroatoms. The summed E-state index contributed by atoms with van der Waals surface area (Å²) in [6.07, 6.45) is 0. The maximum absolute atomic E-state index is 14.2. The number of carbonyl (C=O) groups excluding carboxylic acids is 1. The number of nitrogens with zero attached hydrogens (tertiary/aromatic N) is 5. The lowest BCUT2D eigenvalue weighted by Crippen LogP contribution is -2.46. The number of aromatic nitrogens is 2. The Kier molecular flexibility index (Phi) is 6.12. The number of esters is 1. The smallest absolute Gasteiger partial charge is 0.337 e. The number of anilines is 2. The minimum atomic E-state index is -0.404. The van der Waals surface area contributed by atoms with Crippen molar-refractivity contribution < 1.29 is 13.9 Å². The fourth-order valence-corrected chi connectivity index (χ4v) is 5.48. The van der Waals surface area contributed by atoms with Gasteiger partial charge in [-0.15, -0.1) is 0 Å². The molecule has 1 aromatic heterocycles. The van der Waals surface area contributed by atoms with Gasteiger partial charge >= 0.3 is 5.97 Å². The summed E-state index contributed by atoms with van der Waals surface area (Å²) in [4.78, 5) is 24.5. The van der Waals surface area contributed by atoms with Crippen molar-refractivity contribution in [3.63, 3.8) is 0 Å². The van der Waals surface area contributed by atoms with Crippen molar-refractivity contribution in [3.8, 4) is 5.69 Å². The van der Waals surface area contributed by atoms with Crippen molar-refractivity contribution >= 4 is 40.5 Å². The third-order valence-corrected chi connectivity index (χ3v) is 7.37. The molecule has 1 atom stereocenters. The van der Waals surface area contributed by atoms with Crippen LogP contribution in [0.25, 0.3) is 5.69 Å². The van der Waals surface area contributed by atoms with Gasteiger partial charge in [0.2, 0.25) is 0 Å². The summed E-state index contributed by atoms with van der Waals surface area (Å²) in [6.45, 7) is 1.98. The largest absolute Gasteiger partial charge is 0.465 e. The molecule has 206 valence electrons. The van der Waals surface area contributed by atoms with Crippen LogP contribution in [0.3, 0.4) is 0 Å². The van der Waals surface area contributed by atoms with E-state index in [1.807, 2.05) is 78.3 Å². The number of hydrogen-bond donors (Lipinski definition) is 1. The average molecular weight is 557 g/mol. The van der Waals surface area contributed by atoms with Gasteiger partial charge in [-0.2, -0.15) is 5.10 Å². The van der Waals surface area contributed by atoms with E-state index in [9.17, 15) is 9.18 Å². The number of benzene rings is 4. The minimum absolute atomic E-state index is 0.358. The number of rotatable bonds is 4. The normalized spacial score (nSPS) is 15.1. The molecule has 42 heavy (non-hydrogen) atoms. The van der Waals surface area contributed by atoms with Gasteiger partial charge < -0.3 is 15.0 Å². The Morgan fingerprint density at radius 1 is 0.905 bits per heavy atom. The van der Waals surface area contributed by atoms with Gasteiger partial charge in [-0.1, -0.05) is 48.5 Å². The molecule has 0 aliphatic carbocycles. The van der Waals surface area contributed by atoms with Crippen LogP contribution in [-0.2, 0) is 4.74 Å². The second kappa shape index (κ2) is 10.1. The molecule has 1 N–H and O–H groups in total. The Morgan fingerprint density at radius 3 is 2.43 bits per heavy atom. The van der Waals surface area contributed by atoms with E-state index in [4.69, 9.17) is 19.8 Å². The van der Waals surface area contributed by atoms with Crippen LogP contribution in [0.1, 0.15) is 33.2 Å². The zero-order valence-electron chi connectivity index (χ0n) is 22.8. The second-order valence-corrected chi connectivity index (χ2v) is 9.98. The zero-order valence-corrected chi connectivity index (χ0v) is 22.8. The lowest BCUT2D eigenvalue weighted by molar-refractivity contribution is 0.0600. The van der Waals surface area contributed by atoms with Gasteiger partial charge in [-0.25, -0.2) is 23.9 Å². The standard InChI is InChI=1S/C33H25FN6O2/c1-20-28-29(21-15-17-22(18-16-21)33(41)42-2)39-27-14-7-6-13-26(27)36-30(35-24-10-8-9-23(34)19-24)32(39)37-31(28)40(38-20)25-11-4-3-5-12-25/h3-19,29H,1-2H3,(H,35,36)/t29-/m1/s1. The predicted octanol–water partition coefficient (Wildman–Crippen LogP) is 6.90. The molecule has 3 heterocycles. The van der Waals surface area contributed by atoms with Crippen LogP contribution in [0.2, 0.25) is 0 Å². The molecule has 2 aliphatic rings. The summed E-state index contributed by atoms with van der Waals surface area (Å²) < 4.78 is 20.9. The lowest BCUT2D eigenvalue weighted by atomic mass is 9.92. The first kappa shape index (κ1) is 25.4. The molecule has 0 fully saturated rings. The SMILES string of the molecule is COC(=O)c1ccc([C@@H]2c3c(C)nn(-c4ccccc4)c3N=C3C(Nc4cccc(F)c4)=Nc4ccccc4N32)cc1. The predicted molar refractivity (Wildman–Crippen MR) is 161 cm³/mol. The topological polar surface area (TPSA) is 84.1 Å². The fraction of sp³-hybridized carbons (Fsp3) is 0.0909. The van der Waals surface area contributed by atoms with E-state index in [-0.39, 0.29) is 11.9 Å². The Labute approximate surface area is 241 Å². The monoisotopic (exact) mass is 556 g/mol. The first-order chi connectivity index (χ1) is 20.5. The van der Waals surface area contributed by atoms with E-state index < -0.39 is 5.97 Å². The summed E-state index contributed by atoms with van der Waals surface area (Å²) in [5, 5.41) is 8.24. The highest BCUT2D eigenvalue weighted by atomic mass is 19.1. The van der Waals surface area contributed by atoms with E-state index in [1.54, 1.807) is 24.3 Å². The molecule has 0 bridgehead atoms. The van der Waals surface area contributed by atoms with Gasteiger partial charge in [0.1, 0.15) is 5.82 Å². The Bertz CT molecular complexity index is 1900. The van der Waals surface area contributed by atoms with Crippen LogP contribution >= 0.6 is 0 Å². The third-order valence-electron chi connectivity index (χ3n) is 7.37. The number of methoxy groups -OCH3 is 1. The molecular formula is C33H25FN6O2. The quantitative estimate of drug-likeness (QED) is 0.244. The van der Waals surface area contributed by atoms with E-state index in [2.05, 4.69) is 10.2 Å². The van der Waals surface area contributed by atoms with Gasteiger partial charge in [0.05, 0.1) is 41.5 Å². The number of para-hydroxylation sites is 3. The number of aryl methyl sites for hydroxylation is 1. The number of fused-ring (bicyclic) bond motifs is 4.